The summed E-state index contributed by atoms with van der Waals surface area (Å²) in [7, 11) is 3.81. The van der Waals surface area contributed by atoms with Crippen LogP contribution in [0.5, 0.6) is 0 Å². The molecule has 0 aromatic carbocycles. The van der Waals surface area contributed by atoms with Gasteiger partial charge in [-0.3, -0.25) is 4.68 Å². The SMILES string of the molecule is Cc1cc(N(C)c2cc(C3CCCN(C(=O)OC(C)(C)C)C3)nc3c(-c4cnn(C)c4)cnn23)no1. The Morgan fingerprint density at radius 3 is 2.69 bits per heavy atom. The molecule has 5 rings (SSSR count). The average Bonchev–Trinajstić information content (AvgIpc) is 3.56. The summed E-state index contributed by atoms with van der Waals surface area (Å²) in [6.45, 7) is 8.73. The number of carbonyl (C=O) groups excluding carboxylic acids is 1. The van der Waals surface area contributed by atoms with Gasteiger partial charge in [-0.25, -0.2) is 9.78 Å². The van der Waals surface area contributed by atoms with Crippen LogP contribution >= 0.6 is 0 Å². The van der Waals surface area contributed by atoms with Crippen molar-refractivity contribution in [3.63, 3.8) is 0 Å². The van der Waals surface area contributed by atoms with E-state index in [9.17, 15) is 4.79 Å². The maximum atomic E-state index is 12.8. The molecule has 0 aliphatic carbocycles. The second-order valence-corrected chi connectivity index (χ2v) is 10.4. The van der Waals surface area contributed by atoms with Gasteiger partial charge in [0.2, 0.25) is 0 Å². The zero-order valence-corrected chi connectivity index (χ0v) is 21.6. The highest BCUT2D eigenvalue weighted by Crippen LogP contribution is 2.34. The van der Waals surface area contributed by atoms with E-state index in [4.69, 9.17) is 14.2 Å². The van der Waals surface area contributed by atoms with Crippen LogP contribution in [-0.2, 0) is 11.8 Å². The Morgan fingerprint density at radius 1 is 1.22 bits per heavy atom. The Labute approximate surface area is 209 Å². The number of likely N-dealkylation sites (tertiary alicyclic amines) is 1. The van der Waals surface area contributed by atoms with Gasteiger partial charge in [0.25, 0.3) is 0 Å². The molecule has 0 N–H and O–H groups in total. The van der Waals surface area contributed by atoms with E-state index in [-0.39, 0.29) is 12.0 Å². The zero-order chi connectivity index (χ0) is 25.6. The minimum absolute atomic E-state index is 0.0547. The number of aromatic nitrogens is 6. The van der Waals surface area contributed by atoms with Crippen molar-refractivity contribution in [1.82, 2.24) is 34.4 Å². The third-order valence-corrected chi connectivity index (χ3v) is 6.28. The third-order valence-electron chi connectivity index (χ3n) is 6.28. The van der Waals surface area contributed by atoms with E-state index in [0.717, 1.165) is 46.9 Å². The lowest BCUT2D eigenvalue weighted by molar-refractivity contribution is 0.0197. The summed E-state index contributed by atoms with van der Waals surface area (Å²) in [6.07, 6.45) is 7.07. The van der Waals surface area contributed by atoms with Crippen LogP contribution in [-0.4, -0.2) is 66.3 Å². The van der Waals surface area contributed by atoms with Gasteiger partial charge >= 0.3 is 6.09 Å². The fourth-order valence-corrected chi connectivity index (χ4v) is 4.52. The number of hydrogen-bond acceptors (Lipinski definition) is 8. The van der Waals surface area contributed by atoms with Crippen LogP contribution in [0.25, 0.3) is 16.8 Å². The number of nitrogens with zero attached hydrogens (tertiary/aromatic N) is 8. The molecule has 1 aliphatic rings. The Morgan fingerprint density at radius 2 is 2.03 bits per heavy atom. The summed E-state index contributed by atoms with van der Waals surface area (Å²) in [5.74, 6) is 2.24. The highest BCUT2D eigenvalue weighted by molar-refractivity contribution is 5.78. The predicted octanol–water partition coefficient (Wildman–Crippen LogP) is 4.31. The normalized spacial score (nSPS) is 16.5. The Hall–Kier alpha value is -3.89. The first-order chi connectivity index (χ1) is 17.1. The van der Waals surface area contributed by atoms with E-state index in [0.29, 0.717) is 18.9 Å². The van der Waals surface area contributed by atoms with E-state index in [2.05, 4.69) is 15.4 Å². The maximum absolute atomic E-state index is 12.8. The van der Waals surface area contributed by atoms with Crippen molar-refractivity contribution in [2.75, 3.05) is 25.0 Å². The van der Waals surface area contributed by atoms with Crippen molar-refractivity contribution < 1.29 is 14.1 Å². The number of fused-ring (bicyclic) bond motifs is 1. The summed E-state index contributed by atoms with van der Waals surface area (Å²) in [6, 6.07) is 3.91. The van der Waals surface area contributed by atoms with Crippen LogP contribution in [0.1, 0.15) is 51.0 Å². The molecule has 11 nitrogen and oxygen atoms in total. The van der Waals surface area contributed by atoms with Gasteiger partial charge in [-0.15, -0.1) is 0 Å². The number of aryl methyl sites for hydroxylation is 2. The molecule has 11 heteroatoms. The van der Waals surface area contributed by atoms with Gasteiger partial charge in [0.05, 0.1) is 18.1 Å². The molecule has 0 saturated carbocycles. The number of amides is 1. The first-order valence-corrected chi connectivity index (χ1v) is 12.1. The van der Waals surface area contributed by atoms with Crippen molar-refractivity contribution in [3.8, 4) is 11.1 Å². The van der Waals surface area contributed by atoms with Gasteiger partial charge in [0, 0.05) is 62.6 Å². The van der Waals surface area contributed by atoms with Crippen molar-refractivity contribution in [2.24, 2.45) is 7.05 Å². The molecular formula is C25H32N8O3. The molecule has 0 bridgehead atoms. The molecule has 1 unspecified atom stereocenters. The first kappa shape index (κ1) is 23.8. The summed E-state index contributed by atoms with van der Waals surface area (Å²) in [5.41, 5.74) is 2.89. The molecule has 1 fully saturated rings. The number of anilines is 2. The number of rotatable bonds is 4. The van der Waals surface area contributed by atoms with Crippen LogP contribution in [0.3, 0.4) is 0 Å². The molecular weight excluding hydrogens is 460 g/mol. The molecule has 5 heterocycles. The van der Waals surface area contributed by atoms with Crippen molar-refractivity contribution in [3.05, 3.63) is 42.2 Å². The summed E-state index contributed by atoms with van der Waals surface area (Å²) >= 11 is 0. The standard InChI is InChI=1S/C25H32N8O3/c1-16-10-21(29-36-16)31(6)22-11-20(17-8-7-9-32(15-17)24(34)35-25(2,3)4)28-23-19(13-27-33(22)23)18-12-26-30(5)14-18/h10-14,17H,7-9,15H2,1-6H3. The summed E-state index contributed by atoms with van der Waals surface area (Å²) in [5, 5.41) is 13.2. The molecule has 36 heavy (non-hydrogen) atoms. The molecule has 1 amide bonds. The first-order valence-electron chi connectivity index (χ1n) is 12.1. The molecule has 1 aliphatic heterocycles. The number of hydrogen-bond donors (Lipinski definition) is 0. The Bertz CT molecular complexity index is 1400. The van der Waals surface area contributed by atoms with E-state index >= 15 is 0 Å². The predicted molar refractivity (Wildman–Crippen MR) is 134 cm³/mol. The average molecular weight is 493 g/mol. The van der Waals surface area contributed by atoms with Crippen LogP contribution in [0.2, 0.25) is 0 Å². The summed E-state index contributed by atoms with van der Waals surface area (Å²) in [4.78, 5) is 21.6. The van der Waals surface area contributed by atoms with Gasteiger partial charge in [0.1, 0.15) is 17.2 Å². The molecule has 1 atom stereocenters. The largest absolute Gasteiger partial charge is 0.444 e. The Kier molecular flexibility index (Phi) is 5.93. The topological polar surface area (TPSA) is 107 Å². The minimum Gasteiger partial charge on any atom is -0.444 e. The van der Waals surface area contributed by atoms with Crippen molar-refractivity contribution >= 4 is 23.4 Å². The second-order valence-electron chi connectivity index (χ2n) is 10.4. The van der Waals surface area contributed by atoms with Gasteiger partial charge in [0.15, 0.2) is 11.5 Å². The zero-order valence-electron chi connectivity index (χ0n) is 21.6. The van der Waals surface area contributed by atoms with Gasteiger partial charge in [-0.2, -0.15) is 14.7 Å². The van der Waals surface area contributed by atoms with Crippen molar-refractivity contribution in [2.45, 2.75) is 52.1 Å². The fraction of sp³-hybridized carbons (Fsp3) is 0.480. The number of ether oxygens (including phenoxy) is 1. The quantitative estimate of drug-likeness (QED) is 0.415. The minimum atomic E-state index is -0.539. The van der Waals surface area contributed by atoms with E-state index in [1.165, 1.54) is 0 Å². The monoisotopic (exact) mass is 492 g/mol. The van der Waals surface area contributed by atoms with E-state index in [1.807, 2.05) is 75.7 Å². The molecule has 0 spiro atoms. The lowest BCUT2D eigenvalue weighted by atomic mass is 9.94. The van der Waals surface area contributed by atoms with Crippen LogP contribution in [0, 0.1) is 6.92 Å². The fourth-order valence-electron chi connectivity index (χ4n) is 4.52. The van der Waals surface area contributed by atoms with E-state index in [1.54, 1.807) is 15.8 Å². The third kappa shape index (κ3) is 4.65. The second kappa shape index (κ2) is 8.96. The smallest absolute Gasteiger partial charge is 0.410 e. The molecule has 4 aromatic heterocycles. The van der Waals surface area contributed by atoms with Gasteiger partial charge < -0.3 is 19.1 Å². The van der Waals surface area contributed by atoms with Crippen LogP contribution in [0.4, 0.5) is 16.4 Å². The number of carbonyl (C=O) groups is 1. The highest BCUT2D eigenvalue weighted by atomic mass is 16.6. The molecule has 190 valence electrons. The van der Waals surface area contributed by atoms with Gasteiger partial charge in [-0.05, 0) is 40.5 Å². The van der Waals surface area contributed by atoms with Crippen LogP contribution in [0.15, 0.2) is 35.2 Å². The van der Waals surface area contributed by atoms with Crippen LogP contribution < -0.4 is 4.90 Å². The summed E-state index contributed by atoms with van der Waals surface area (Å²) < 4.78 is 14.5. The Balaban J connectivity index is 1.57. The number of piperidine rings is 1. The molecule has 0 radical (unpaired) electrons. The molecule has 4 aromatic rings. The maximum Gasteiger partial charge on any atom is 0.410 e. The van der Waals surface area contributed by atoms with E-state index < -0.39 is 5.60 Å². The lowest BCUT2D eigenvalue weighted by Crippen LogP contribution is -2.42. The van der Waals surface area contributed by atoms with Gasteiger partial charge in [-0.1, -0.05) is 5.16 Å². The molecule has 1 saturated heterocycles. The van der Waals surface area contributed by atoms with Crippen molar-refractivity contribution in [1.29, 1.82) is 0 Å². The lowest BCUT2D eigenvalue weighted by Gasteiger charge is -2.34. The highest BCUT2D eigenvalue weighted by Gasteiger charge is 2.30.